The van der Waals surface area contributed by atoms with Crippen LogP contribution in [0.3, 0.4) is 0 Å². The van der Waals surface area contributed by atoms with Crippen LogP contribution in [0.2, 0.25) is 0 Å². The number of hydrogen-bond donors (Lipinski definition) is 0. The number of furan rings is 1. The van der Waals surface area contributed by atoms with E-state index in [-0.39, 0.29) is 0 Å². The van der Waals surface area contributed by atoms with Gasteiger partial charge in [-0.05, 0) is 6.07 Å². The molecule has 4 heteroatoms. The van der Waals surface area contributed by atoms with Gasteiger partial charge < -0.3 is 9.62 Å². The van der Waals surface area contributed by atoms with Gasteiger partial charge in [-0.2, -0.15) is 4.73 Å². The smallest absolute Gasteiger partial charge is 0.192 e. The third-order valence-electron chi connectivity index (χ3n) is 2.19. The van der Waals surface area contributed by atoms with E-state index in [9.17, 15) is 5.21 Å². The van der Waals surface area contributed by atoms with Gasteiger partial charge >= 0.3 is 0 Å². The zero-order chi connectivity index (χ0) is 9.54. The lowest BCUT2D eigenvalue weighted by atomic mass is 10.2. The van der Waals surface area contributed by atoms with Crippen LogP contribution >= 0.6 is 0 Å². The Kier molecular flexibility index (Phi) is 1.28. The Morgan fingerprint density at radius 1 is 1.21 bits per heavy atom. The van der Waals surface area contributed by atoms with Gasteiger partial charge in [-0.15, -0.1) is 0 Å². The standard InChI is InChI=1S/C10H6N2O2/c13-12-4-2-10-8(6-12)7-5-11-3-1-9(7)14-10/h1-6H. The first-order valence-electron chi connectivity index (χ1n) is 4.19. The van der Waals surface area contributed by atoms with Crippen LogP contribution in [0.4, 0.5) is 0 Å². The number of rotatable bonds is 0. The molecule has 3 rings (SSSR count). The van der Waals surface area contributed by atoms with Gasteiger partial charge in [-0.3, -0.25) is 4.98 Å². The Labute approximate surface area is 79.0 Å². The minimum absolute atomic E-state index is 0.708. The van der Waals surface area contributed by atoms with E-state index in [0.29, 0.717) is 5.58 Å². The van der Waals surface area contributed by atoms with Crippen molar-refractivity contribution >= 4 is 21.9 Å². The van der Waals surface area contributed by atoms with Crippen molar-refractivity contribution in [1.29, 1.82) is 0 Å². The zero-order valence-electron chi connectivity index (χ0n) is 7.18. The second-order valence-electron chi connectivity index (χ2n) is 3.06. The SMILES string of the molecule is [O-][n+]1ccc2oc3ccncc3c2c1. The normalized spacial score (nSPS) is 11.1. The van der Waals surface area contributed by atoms with Gasteiger partial charge in [0.15, 0.2) is 12.4 Å². The highest BCUT2D eigenvalue weighted by atomic mass is 16.5. The Morgan fingerprint density at radius 3 is 3.00 bits per heavy atom. The quantitative estimate of drug-likeness (QED) is 0.396. The van der Waals surface area contributed by atoms with Crippen molar-refractivity contribution < 1.29 is 9.15 Å². The van der Waals surface area contributed by atoms with E-state index in [1.807, 2.05) is 0 Å². The van der Waals surface area contributed by atoms with Crippen molar-refractivity contribution in [2.45, 2.75) is 0 Å². The first-order valence-corrected chi connectivity index (χ1v) is 4.19. The molecule has 0 aromatic carbocycles. The van der Waals surface area contributed by atoms with Crippen LogP contribution in [0.1, 0.15) is 0 Å². The predicted octanol–water partition coefficient (Wildman–Crippen LogP) is 1.61. The van der Waals surface area contributed by atoms with Crippen LogP contribution in [-0.2, 0) is 0 Å². The first kappa shape index (κ1) is 7.32. The molecule has 0 aliphatic rings. The highest BCUT2D eigenvalue weighted by molar-refractivity contribution is 6.03. The number of nitrogens with zero attached hydrogens (tertiary/aromatic N) is 2. The average molecular weight is 186 g/mol. The Hall–Kier alpha value is -2.10. The molecule has 0 radical (unpaired) electrons. The Morgan fingerprint density at radius 2 is 2.07 bits per heavy atom. The summed E-state index contributed by atoms with van der Waals surface area (Å²) in [6, 6.07) is 3.44. The van der Waals surface area contributed by atoms with Crippen LogP contribution in [-0.4, -0.2) is 4.98 Å². The minimum atomic E-state index is 0.708. The summed E-state index contributed by atoms with van der Waals surface area (Å²) in [6.45, 7) is 0. The maximum absolute atomic E-state index is 11.1. The molecule has 0 saturated carbocycles. The third-order valence-corrected chi connectivity index (χ3v) is 2.19. The molecule has 0 amide bonds. The first-order chi connectivity index (χ1) is 6.84. The van der Waals surface area contributed by atoms with E-state index in [2.05, 4.69) is 4.98 Å². The van der Waals surface area contributed by atoms with Crippen molar-refractivity contribution in [2.75, 3.05) is 0 Å². The lowest BCUT2D eigenvalue weighted by Crippen LogP contribution is -2.23. The molecule has 0 spiro atoms. The third kappa shape index (κ3) is 0.877. The molecule has 0 aliphatic heterocycles. The molecule has 68 valence electrons. The molecular formula is C10H6N2O2. The predicted molar refractivity (Wildman–Crippen MR) is 50.5 cm³/mol. The summed E-state index contributed by atoms with van der Waals surface area (Å²) in [5, 5.41) is 12.7. The summed E-state index contributed by atoms with van der Waals surface area (Å²) in [5.41, 5.74) is 1.46. The van der Waals surface area contributed by atoms with Gasteiger partial charge in [0.1, 0.15) is 11.2 Å². The topological polar surface area (TPSA) is 53.0 Å². The highest BCUT2D eigenvalue weighted by Gasteiger charge is 2.08. The molecule has 0 unspecified atom stereocenters. The van der Waals surface area contributed by atoms with Crippen molar-refractivity contribution in [3.05, 3.63) is 42.1 Å². The summed E-state index contributed by atoms with van der Waals surface area (Å²) < 4.78 is 6.27. The van der Waals surface area contributed by atoms with Crippen molar-refractivity contribution in [3.8, 4) is 0 Å². The highest BCUT2D eigenvalue weighted by Crippen LogP contribution is 2.25. The second-order valence-corrected chi connectivity index (χ2v) is 3.06. The minimum Gasteiger partial charge on any atom is -0.619 e. The van der Waals surface area contributed by atoms with Crippen LogP contribution in [0.5, 0.6) is 0 Å². The molecule has 14 heavy (non-hydrogen) atoms. The molecule has 3 aromatic rings. The molecule has 0 N–H and O–H groups in total. The van der Waals surface area contributed by atoms with Gasteiger partial charge in [0.25, 0.3) is 0 Å². The summed E-state index contributed by atoms with van der Waals surface area (Å²) in [5.74, 6) is 0. The fourth-order valence-electron chi connectivity index (χ4n) is 1.55. The average Bonchev–Trinajstić information content (AvgIpc) is 2.56. The van der Waals surface area contributed by atoms with Crippen LogP contribution in [0.25, 0.3) is 21.9 Å². The van der Waals surface area contributed by atoms with Gasteiger partial charge in [-0.25, -0.2) is 0 Å². The van der Waals surface area contributed by atoms with Crippen LogP contribution in [0, 0.1) is 5.21 Å². The lowest BCUT2D eigenvalue weighted by molar-refractivity contribution is -0.603. The fourth-order valence-corrected chi connectivity index (χ4v) is 1.55. The molecule has 4 nitrogen and oxygen atoms in total. The second kappa shape index (κ2) is 2.45. The number of aromatic nitrogens is 2. The number of hydrogen-bond acceptors (Lipinski definition) is 3. The largest absolute Gasteiger partial charge is 0.619 e. The molecule has 3 aromatic heterocycles. The van der Waals surface area contributed by atoms with E-state index in [0.717, 1.165) is 21.1 Å². The van der Waals surface area contributed by atoms with Gasteiger partial charge in [0.05, 0.1) is 10.8 Å². The Bertz CT molecular complexity index is 616. The molecule has 0 fully saturated rings. The van der Waals surface area contributed by atoms with Crippen LogP contribution in [0.15, 0.2) is 41.3 Å². The molecule has 0 atom stereocenters. The monoisotopic (exact) mass is 186 g/mol. The molecule has 0 bridgehead atoms. The van der Waals surface area contributed by atoms with Crippen LogP contribution < -0.4 is 4.73 Å². The van der Waals surface area contributed by atoms with E-state index >= 15 is 0 Å². The zero-order valence-corrected chi connectivity index (χ0v) is 7.18. The van der Waals surface area contributed by atoms with E-state index in [1.54, 1.807) is 24.5 Å². The van der Waals surface area contributed by atoms with Crippen molar-refractivity contribution in [2.24, 2.45) is 0 Å². The maximum atomic E-state index is 11.1. The summed E-state index contributed by atoms with van der Waals surface area (Å²) in [7, 11) is 0. The van der Waals surface area contributed by atoms with Gasteiger partial charge in [0, 0.05) is 18.5 Å². The van der Waals surface area contributed by atoms with E-state index in [1.165, 1.54) is 12.4 Å². The van der Waals surface area contributed by atoms with Crippen molar-refractivity contribution in [3.63, 3.8) is 0 Å². The lowest BCUT2D eigenvalue weighted by Gasteiger charge is -1.92. The van der Waals surface area contributed by atoms with Crippen molar-refractivity contribution in [1.82, 2.24) is 4.98 Å². The summed E-state index contributed by atoms with van der Waals surface area (Å²) in [4.78, 5) is 3.99. The molecule has 0 aliphatic carbocycles. The molecule has 0 saturated heterocycles. The number of fused-ring (bicyclic) bond motifs is 3. The Balaban J connectivity index is 2.58. The fraction of sp³-hybridized carbons (Fsp3) is 0. The van der Waals surface area contributed by atoms with E-state index in [4.69, 9.17) is 4.42 Å². The summed E-state index contributed by atoms with van der Waals surface area (Å²) in [6.07, 6.45) is 6.26. The molecule has 3 heterocycles. The van der Waals surface area contributed by atoms with E-state index < -0.39 is 0 Å². The van der Waals surface area contributed by atoms with Gasteiger partial charge in [-0.1, -0.05) is 0 Å². The maximum Gasteiger partial charge on any atom is 0.192 e. The summed E-state index contributed by atoms with van der Waals surface area (Å²) >= 11 is 0. The van der Waals surface area contributed by atoms with Gasteiger partial charge in [0.2, 0.25) is 0 Å². The molecular weight excluding hydrogens is 180 g/mol. The number of pyridine rings is 2.